The molecule has 1 saturated heterocycles. The first-order valence-electron chi connectivity index (χ1n) is 7.56. The van der Waals surface area contributed by atoms with Crippen molar-refractivity contribution >= 4 is 36.4 Å². The molecular formula is C16H24Cl3FN2. The Morgan fingerprint density at radius 1 is 1.27 bits per heavy atom. The normalized spacial score (nSPS) is 20.0. The van der Waals surface area contributed by atoms with Gasteiger partial charge in [0.1, 0.15) is 5.82 Å². The summed E-state index contributed by atoms with van der Waals surface area (Å²) in [7, 11) is 0. The quantitative estimate of drug-likeness (QED) is 0.847. The van der Waals surface area contributed by atoms with Gasteiger partial charge in [0.15, 0.2) is 0 Å². The molecule has 1 aromatic carbocycles. The zero-order valence-corrected chi connectivity index (χ0v) is 15.2. The zero-order chi connectivity index (χ0) is 14.1. The smallest absolute Gasteiger partial charge is 0.132 e. The second-order valence-corrected chi connectivity index (χ2v) is 6.48. The van der Waals surface area contributed by atoms with Crippen LogP contribution in [0.3, 0.4) is 0 Å². The van der Waals surface area contributed by atoms with E-state index in [1.54, 1.807) is 6.07 Å². The summed E-state index contributed by atoms with van der Waals surface area (Å²) >= 11 is 6.34. The van der Waals surface area contributed by atoms with Crippen molar-refractivity contribution in [1.29, 1.82) is 0 Å². The van der Waals surface area contributed by atoms with Crippen molar-refractivity contribution < 1.29 is 4.39 Å². The van der Waals surface area contributed by atoms with Crippen LogP contribution in [-0.4, -0.2) is 31.1 Å². The monoisotopic (exact) mass is 368 g/mol. The van der Waals surface area contributed by atoms with Gasteiger partial charge in [0.2, 0.25) is 0 Å². The fourth-order valence-electron chi connectivity index (χ4n) is 3.10. The number of hydrogen-bond acceptors (Lipinski definition) is 2. The van der Waals surface area contributed by atoms with E-state index in [0.717, 1.165) is 44.1 Å². The van der Waals surface area contributed by atoms with Crippen LogP contribution in [0.1, 0.15) is 36.4 Å². The van der Waals surface area contributed by atoms with Crippen molar-refractivity contribution in [3.63, 3.8) is 0 Å². The molecule has 1 aliphatic carbocycles. The van der Waals surface area contributed by atoms with Gasteiger partial charge in [0.25, 0.3) is 0 Å². The number of aryl methyl sites for hydroxylation is 1. The van der Waals surface area contributed by atoms with Crippen LogP contribution in [0, 0.1) is 18.7 Å². The fourth-order valence-corrected chi connectivity index (χ4v) is 3.37. The molecule has 0 unspecified atom stereocenters. The van der Waals surface area contributed by atoms with Gasteiger partial charge in [-0.05, 0) is 30.9 Å². The highest BCUT2D eigenvalue weighted by molar-refractivity contribution is 6.31. The van der Waals surface area contributed by atoms with Crippen LogP contribution in [0.2, 0.25) is 5.02 Å². The summed E-state index contributed by atoms with van der Waals surface area (Å²) in [4.78, 5) is 2.40. The standard InChI is InChI=1S/C16H22ClFN2.2ClH/c1-11-2-5-13(17)15(16(11)18)14(10-12-3-4-12)20-8-6-19-7-9-20;;/h2,5,12,14,19H,3-4,6-10H2,1H3;2*1H/t14-;;/m0../s1. The van der Waals surface area contributed by atoms with Crippen molar-refractivity contribution in [1.82, 2.24) is 10.2 Å². The summed E-state index contributed by atoms with van der Waals surface area (Å²) < 4.78 is 14.6. The first-order valence-corrected chi connectivity index (χ1v) is 7.94. The molecule has 0 radical (unpaired) electrons. The lowest BCUT2D eigenvalue weighted by atomic mass is 9.96. The summed E-state index contributed by atoms with van der Waals surface area (Å²) in [5.74, 6) is 0.646. The van der Waals surface area contributed by atoms with Gasteiger partial charge in [-0.2, -0.15) is 0 Å². The third kappa shape index (κ3) is 4.48. The van der Waals surface area contributed by atoms with E-state index in [9.17, 15) is 4.39 Å². The fraction of sp³-hybridized carbons (Fsp3) is 0.625. The Hall–Kier alpha value is -0.0600. The molecule has 2 nitrogen and oxygen atoms in total. The van der Waals surface area contributed by atoms with E-state index < -0.39 is 0 Å². The van der Waals surface area contributed by atoms with Crippen LogP contribution in [0.4, 0.5) is 4.39 Å². The summed E-state index contributed by atoms with van der Waals surface area (Å²) in [5.41, 5.74) is 1.42. The van der Waals surface area contributed by atoms with Crippen LogP contribution in [0.5, 0.6) is 0 Å². The predicted octanol–water partition coefficient (Wildman–Crippen LogP) is 4.38. The molecule has 1 aromatic rings. The van der Waals surface area contributed by atoms with Gasteiger partial charge in [0.05, 0.1) is 0 Å². The maximum Gasteiger partial charge on any atom is 0.132 e. The minimum Gasteiger partial charge on any atom is -0.314 e. The Labute approximate surface area is 149 Å². The van der Waals surface area contributed by atoms with Crippen LogP contribution in [-0.2, 0) is 0 Å². The van der Waals surface area contributed by atoms with E-state index >= 15 is 0 Å². The maximum absolute atomic E-state index is 14.6. The largest absolute Gasteiger partial charge is 0.314 e. The molecule has 2 aliphatic rings. The highest BCUT2D eigenvalue weighted by Gasteiger charge is 2.33. The lowest BCUT2D eigenvalue weighted by molar-refractivity contribution is 0.157. The number of halogens is 4. The third-order valence-electron chi connectivity index (χ3n) is 4.50. The SMILES string of the molecule is Cc1ccc(Cl)c([C@H](CC2CC2)N2CCNCC2)c1F.Cl.Cl. The molecular weight excluding hydrogens is 346 g/mol. The Kier molecular flexibility index (Phi) is 7.90. The van der Waals surface area contributed by atoms with Gasteiger partial charge in [-0.25, -0.2) is 4.39 Å². The van der Waals surface area contributed by atoms with Gasteiger partial charge in [-0.1, -0.05) is 30.5 Å². The van der Waals surface area contributed by atoms with Crippen molar-refractivity contribution in [2.45, 2.75) is 32.2 Å². The topological polar surface area (TPSA) is 15.3 Å². The van der Waals surface area contributed by atoms with Crippen LogP contribution in [0.15, 0.2) is 12.1 Å². The average Bonchev–Trinajstić information content (AvgIpc) is 3.27. The molecule has 2 fully saturated rings. The lowest BCUT2D eigenvalue weighted by Gasteiger charge is -2.36. The molecule has 0 aromatic heterocycles. The second-order valence-electron chi connectivity index (χ2n) is 6.07. The van der Waals surface area contributed by atoms with Crippen LogP contribution in [0.25, 0.3) is 0 Å². The Morgan fingerprint density at radius 3 is 2.50 bits per heavy atom. The number of rotatable bonds is 4. The van der Waals surface area contributed by atoms with E-state index in [1.165, 1.54) is 12.8 Å². The molecule has 1 atom stereocenters. The van der Waals surface area contributed by atoms with Crippen molar-refractivity contribution in [3.05, 3.63) is 34.1 Å². The third-order valence-corrected chi connectivity index (χ3v) is 4.83. The molecule has 6 heteroatoms. The number of nitrogens with zero attached hydrogens (tertiary/aromatic N) is 1. The second kappa shape index (κ2) is 8.70. The average molecular weight is 370 g/mol. The Morgan fingerprint density at radius 2 is 1.91 bits per heavy atom. The van der Waals surface area contributed by atoms with E-state index in [4.69, 9.17) is 11.6 Å². The van der Waals surface area contributed by atoms with Crippen molar-refractivity contribution in [2.75, 3.05) is 26.2 Å². The molecule has 0 amide bonds. The molecule has 3 rings (SSSR count). The predicted molar refractivity (Wildman–Crippen MR) is 95.2 cm³/mol. The summed E-state index contributed by atoms with van der Waals surface area (Å²) in [6, 6.07) is 3.75. The maximum atomic E-state index is 14.6. The van der Waals surface area contributed by atoms with E-state index in [-0.39, 0.29) is 36.7 Å². The molecule has 0 spiro atoms. The van der Waals surface area contributed by atoms with Gasteiger partial charge in [0, 0.05) is 42.8 Å². The summed E-state index contributed by atoms with van der Waals surface area (Å²) in [5, 5.41) is 3.94. The molecule has 1 heterocycles. The number of hydrogen-bond donors (Lipinski definition) is 1. The van der Waals surface area contributed by atoms with Crippen molar-refractivity contribution in [3.8, 4) is 0 Å². The minimum absolute atomic E-state index is 0. The van der Waals surface area contributed by atoms with E-state index in [2.05, 4.69) is 10.2 Å². The highest BCUT2D eigenvalue weighted by atomic mass is 35.5. The van der Waals surface area contributed by atoms with Crippen molar-refractivity contribution in [2.24, 2.45) is 5.92 Å². The van der Waals surface area contributed by atoms with Gasteiger partial charge >= 0.3 is 0 Å². The first-order chi connectivity index (χ1) is 9.66. The lowest BCUT2D eigenvalue weighted by Crippen LogP contribution is -2.45. The van der Waals surface area contributed by atoms with Gasteiger partial charge in [-0.15, -0.1) is 24.8 Å². The molecule has 126 valence electrons. The zero-order valence-electron chi connectivity index (χ0n) is 12.8. The molecule has 1 N–H and O–H groups in total. The van der Waals surface area contributed by atoms with Crippen LogP contribution >= 0.6 is 36.4 Å². The first kappa shape index (κ1) is 20.0. The van der Waals surface area contributed by atoms with E-state index in [1.807, 2.05) is 13.0 Å². The Balaban J connectivity index is 0.00000121. The minimum atomic E-state index is -0.110. The number of nitrogens with one attached hydrogen (secondary N) is 1. The Bertz CT molecular complexity index is 489. The molecule has 0 bridgehead atoms. The van der Waals surface area contributed by atoms with Gasteiger partial charge in [-0.3, -0.25) is 4.90 Å². The molecule has 1 aliphatic heterocycles. The number of benzene rings is 1. The molecule has 22 heavy (non-hydrogen) atoms. The highest BCUT2D eigenvalue weighted by Crippen LogP contribution is 2.42. The van der Waals surface area contributed by atoms with Crippen LogP contribution < -0.4 is 5.32 Å². The summed E-state index contributed by atoms with van der Waals surface area (Å²) in [6.45, 7) is 5.72. The summed E-state index contributed by atoms with van der Waals surface area (Å²) in [6.07, 6.45) is 3.61. The number of piperazine rings is 1. The molecule has 1 saturated carbocycles. The van der Waals surface area contributed by atoms with Gasteiger partial charge < -0.3 is 5.32 Å². The van der Waals surface area contributed by atoms with E-state index in [0.29, 0.717) is 10.6 Å².